The minimum Gasteiger partial charge on any atom is -0.495 e. The number of hydrogen-bond acceptors (Lipinski definition) is 3. The first-order valence-electron chi connectivity index (χ1n) is 6.52. The molecule has 0 spiro atoms. The molecule has 5 nitrogen and oxygen atoms in total. The average Bonchev–Trinajstić information content (AvgIpc) is 2.36. The minimum atomic E-state index is -0.613. The summed E-state index contributed by atoms with van der Waals surface area (Å²) in [6.07, 6.45) is 0. The number of nitrogens with one attached hydrogen (secondary N) is 1. The van der Waals surface area contributed by atoms with E-state index in [2.05, 4.69) is 5.32 Å². The molecule has 2 amide bonds. The molecule has 0 saturated heterocycles. The maximum atomic E-state index is 12.1. The summed E-state index contributed by atoms with van der Waals surface area (Å²) in [7, 11) is 1.42. The molecule has 0 aromatic heterocycles. The molecule has 0 fully saturated rings. The molecule has 3 N–H and O–H groups in total. The van der Waals surface area contributed by atoms with Crippen LogP contribution in [0, 0.1) is 0 Å². The Kier molecular flexibility index (Phi) is 4.76. The molecule has 0 aliphatic carbocycles. The van der Waals surface area contributed by atoms with Crippen molar-refractivity contribution in [3.05, 3.63) is 28.8 Å². The van der Waals surface area contributed by atoms with Crippen molar-refractivity contribution < 1.29 is 14.3 Å². The largest absolute Gasteiger partial charge is 0.495 e. The third kappa shape index (κ3) is 3.29. The first kappa shape index (κ1) is 16.0. The van der Waals surface area contributed by atoms with Crippen LogP contribution in [0.25, 0.3) is 0 Å². The third-order valence-electron chi connectivity index (χ3n) is 3.01. The number of primary amides is 1. The fourth-order valence-corrected chi connectivity index (χ4v) is 1.89. The minimum absolute atomic E-state index is 0.211. The molecule has 1 aromatic rings. The van der Waals surface area contributed by atoms with E-state index in [0.29, 0.717) is 12.1 Å². The Hall–Kier alpha value is -2.04. The zero-order valence-electron chi connectivity index (χ0n) is 12.7. The maximum absolute atomic E-state index is 12.1. The normalized spacial score (nSPS) is 11.1. The first-order chi connectivity index (χ1) is 9.22. The molecule has 1 aromatic carbocycles. The van der Waals surface area contributed by atoms with Crippen LogP contribution >= 0.6 is 0 Å². The van der Waals surface area contributed by atoms with Crippen LogP contribution in [0.4, 0.5) is 0 Å². The number of carbonyl (C=O) groups excluding carboxylic acids is 2. The standard InChI is InChI=1S/C15H22N2O3/c1-6-17-14(19)11-8-9(15(2,3)4)7-10(13(16)18)12(11)20-5/h7-8H,6H2,1-5H3,(H2,16,18)(H,17,19). The van der Waals surface area contributed by atoms with E-state index in [1.807, 2.05) is 27.7 Å². The number of rotatable bonds is 4. The number of hydrogen-bond donors (Lipinski definition) is 2. The zero-order chi connectivity index (χ0) is 15.5. The lowest BCUT2D eigenvalue weighted by Gasteiger charge is -2.22. The molecule has 1 rings (SSSR count). The van der Waals surface area contributed by atoms with Crippen LogP contribution in [0.1, 0.15) is 54.0 Å². The topological polar surface area (TPSA) is 81.4 Å². The molecule has 5 heteroatoms. The van der Waals surface area contributed by atoms with E-state index < -0.39 is 5.91 Å². The van der Waals surface area contributed by atoms with Crippen LogP contribution in [0.5, 0.6) is 5.75 Å². The summed E-state index contributed by atoms with van der Waals surface area (Å²) in [4.78, 5) is 23.7. The van der Waals surface area contributed by atoms with Gasteiger partial charge in [0.15, 0.2) is 0 Å². The summed E-state index contributed by atoms with van der Waals surface area (Å²) in [6.45, 7) is 8.32. The molecule has 0 radical (unpaired) electrons. The molecule has 0 heterocycles. The molecule has 0 saturated carbocycles. The number of methoxy groups -OCH3 is 1. The third-order valence-corrected chi connectivity index (χ3v) is 3.01. The predicted octanol–water partition coefficient (Wildman–Crippen LogP) is 1.84. The van der Waals surface area contributed by atoms with Gasteiger partial charge in [0.25, 0.3) is 11.8 Å². The van der Waals surface area contributed by atoms with E-state index in [-0.39, 0.29) is 22.6 Å². The maximum Gasteiger partial charge on any atom is 0.255 e. The second-order valence-corrected chi connectivity index (χ2v) is 5.58. The fourth-order valence-electron chi connectivity index (χ4n) is 1.89. The van der Waals surface area contributed by atoms with Gasteiger partial charge in [-0.2, -0.15) is 0 Å². The van der Waals surface area contributed by atoms with Gasteiger partial charge < -0.3 is 15.8 Å². The fraction of sp³-hybridized carbons (Fsp3) is 0.467. The summed E-state index contributed by atoms with van der Waals surface area (Å²) in [5.41, 5.74) is 6.59. The van der Waals surface area contributed by atoms with Gasteiger partial charge in [0.1, 0.15) is 5.75 Å². The summed E-state index contributed by atoms with van der Waals surface area (Å²) in [5, 5.41) is 2.71. The summed E-state index contributed by atoms with van der Waals surface area (Å²) in [6, 6.07) is 3.43. The van der Waals surface area contributed by atoms with Gasteiger partial charge >= 0.3 is 0 Å². The Labute approximate surface area is 119 Å². The predicted molar refractivity (Wildman–Crippen MR) is 78.2 cm³/mol. The van der Waals surface area contributed by atoms with E-state index in [4.69, 9.17) is 10.5 Å². The average molecular weight is 278 g/mol. The molecule has 0 bridgehead atoms. The lowest BCUT2D eigenvalue weighted by molar-refractivity contribution is 0.0952. The van der Waals surface area contributed by atoms with E-state index in [1.165, 1.54) is 7.11 Å². The van der Waals surface area contributed by atoms with Gasteiger partial charge in [0, 0.05) is 6.54 Å². The van der Waals surface area contributed by atoms with Crippen LogP contribution < -0.4 is 15.8 Å². The van der Waals surface area contributed by atoms with E-state index in [9.17, 15) is 9.59 Å². The summed E-state index contributed by atoms with van der Waals surface area (Å²) >= 11 is 0. The van der Waals surface area contributed by atoms with Gasteiger partial charge in [-0.15, -0.1) is 0 Å². The van der Waals surface area contributed by atoms with Crippen molar-refractivity contribution in [1.29, 1.82) is 0 Å². The Morgan fingerprint density at radius 3 is 2.20 bits per heavy atom. The molecule has 0 aliphatic rings. The number of carbonyl (C=O) groups is 2. The van der Waals surface area contributed by atoms with Crippen molar-refractivity contribution in [1.82, 2.24) is 5.32 Å². The van der Waals surface area contributed by atoms with Crippen LogP contribution in [-0.4, -0.2) is 25.5 Å². The highest BCUT2D eigenvalue weighted by Crippen LogP contribution is 2.31. The number of benzene rings is 1. The van der Waals surface area contributed by atoms with Crippen LogP contribution in [0.15, 0.2) is 12.1 Å². The van der Waals surface area contributed by atoms with Crippen molar-refractivity contribution in [2.75, 3.05) is 13.7 Å². The lowest BCUT2D eigenvalue weighted by Crippen LogP contribution is -2.26. The number of amides is 2. The second kappa shape index (κ2) is 5.94. The van der Waals surface area contributed by atoms with E-state index in [0.717, 1.165) is 5.56 Å². The molecule has 110 valence electrons. The van der Waals surface area contributed by atoms with Gasteiger partial charge in [0.2, 0.25) is 0 Å². The first-order valence-corrected chi connectivity index (χ1v) is 6.52. The Balaban J connectivity index is 3.57. The van der Waals surface area contributed by atoms with Gasteiger partial charge in [-0.3, -0.25) is 9.59 Å². The highest BCUT2D eigenvalue weighted by molar-refractivity contribution is 6.04. The van der Waals surface area contributed by atoms with Gasteiger partial charge in [-0.05, 0) is 30.0 Å². The number of nitrogens with two attached hydrogens (primary N) is 1. The molecule has 0 aliphatic heterocycles. The van der Waals surface area contributed by atoms with Crippen molar-refractivity contribution in [2.24, 2.45) is 5.73 Å². The zero-order valence-corrected chi connectivity index (χ0v) is 12.7. The van der Waals surface area contributed by atoms with Crippen LogP contribution in [-0.2, 0) is 5.41 Å². The molecule has 0 unspecified atom stereocenters. The second-order valence-electron chi connectivity index (χ2n) is 5.58. The summed E-state index contributed by atoms with van der Waals surface area (Å²) < 4.78 is 5.21. The lowest BCUT2D eigenvalue weighted by atomic mass is 9.84. The molecular weight excluding hydrogens is 256 g/mol. The van der Waals surface area contributed by atoms with Crippen molar-refractivity contribution in [2.45, 2.75) is 33.1 Å². The Morgan fingerprint density at radius 1 is 1.25 bits per heavy atom. The van der Waals surface area contributed by atoms with Crippen molar-refractivity contribution in [3.63, 3.8) is 0 Å². The van der Waals surface area contributed by atoms with E-state index in [1.54, 1.807) is 12.1 Å². The molecular formula is C15H22N2O3. The van der Waals surface area contributed by atoms with Crippen molar-refractivity contribution in [3.8, 4) is 5.75 Å². The summed E-state index contributed by atoms with van der Waals surface area (Å²) in [5.74, 6) is -0.673. The molecule has 20 heavy (non-hydrogen) atoms. The van der Waals surface area contributed by atoms with Gasteiger partial charge in [-0.1, -0.05) is 20.8 Å². The van der Waals surface area contributed by atoms with Gasteiger partial charge in [0.05, 0.1) is 18.2 Å². The quantitative estimate of drug-likeness (QED) is 0.881. The van der Waals surface area contributed by atoms with Crippen LogP contribution in [0.3, 0.4) is 0 Å². The van der Waals surface area contributed by atoms with Crippen LogP contribution in [0.2, 0.25) is 0 Å². The SMILES string of the molecule is CCNC(=O)c1cc(C(C)(C)C)cc(C(N)=O)c1OC. The number of ether oxygens (including phenoxy) is 1. The molecule has 0 atom stereocenters. The Bertz CT molecular complexity index is 531. The smallest absolute Gasteiger partial charge is 0.255 e. The highest BCUT2D eigenvalue weighted by Gasteiger charge is 2.24. The van der Waals surface area contributed by atoms with Crippen molar-refractivity contribution >= 4 is 11.8 Å². The van der Waals surface area contributed by atoms with E-state index >= 15 is 0 Å². The monoisotopic (exact) mass is 278 g/mol. The highest BCUT2D eigenvalue weighted by atomic mass is 16.5. The Morgan fingerprint density at radius 2 is 1.80 bits per heavy atom. The van der Waals surface area contributed by atoms with Gasteiger partial charge in [-0.25, -0.2) is 0 Å².